The van der Waals surface area contributed by atoms with E-state index in [0.717, 1.165) is 5.56 Å². The summed E-state index contributed by atoms with van der Waals surface area (Å²) in [6.07, 6.45) is -4.49. The zero-order valence-electron chi connectivity index (χ0n) is 10.7. The van der Waals surface area contributed by atoms with Crippen molar-refractivity contribution in [3.63, 3.8) is 0 Å². The van der Waals surface area contributed by atoms with Crippen LogP contribution in [-0.4, -0.2) is 17.8 Å². The SMILES string of the molecule is CC(C)c1ccccc1OCC(C(N)=S)C(F)(F)F. The average Bonchev–Trinajstić information content (AvgIpc) is 2.27. The fourth-order valence-corrected chi connectivity index (χ4v) is 1.80. The van der Waals surface area contributed by atoms with Gasteiger partial charge in [0.15, 0.2) is 0 Å². The van der Waals surface area contributed by atoms with Crippen LogP contribution in [0.1, 0.15) is 25.3 Å². The lowest BCUT2D eigenvalue weighted by molar-refractivity contribution is -0.161. The van der Waals surface area contributed by atoms with Crippen molar-refractivity contribution in [2.24, 2.45) is 11.7 Å². The molecule has 0 amide bonds. The Morgan fingerprint density at radius 3 is 2.37 bits per heavy atom. The maximum atomic E-state index is 12.7. The summed E-state index contributed by atoms with van der Waals surface area (Å²) in [5, 5.41) is 0. The highest BCUT2D eigenvalue weighted by Crippen LogP contribution is 2.30. The first kappa shape index (κ1) is 15.8. The summed E-state index contributed by atoms with van der Waals surface area (Å²) in [5.74, 6) is -1.34. The molecule has 0 saturated carbocycles. The topological polar surface area (TPSA) is 35.2 Å². The van der Waals surface area contributed by atoms with E-state index in [4.69, 9.17) is 10.5 Å². The van der Waals surface area contributed by atoms with Crippen molar-refractivity contribution in [1.82, 2.24) is 0 Å². The van der Waals surface area contributed by atoms with Crippen molar-refractivity contribution in [2.45, 2.75) is 25.9 Å². The number of rotatable bonds is 5. The molecule has 19 heavy (non-hydrogen) atoms. The van der Waals surface area contributed by atoms with Crippen LogP contribution >= 0.6 is 12.2 Å². The lowest BCUT2D eigenvalue weighted by Gasteiger charge is -2.21. The van der Waals surface area contributed by atoms with Crippen LogP contribution < -0.4 is 10.5 Å². The van der Waals surface area contributed by atoms with E-state index in [1.165, 1.54) is 0 Å². The first-order chi connectivity index (χ1) is 8.73. The number of hydrogen-bond donors (Lipinski definition) is 1. The van der Waals surface area contributed by atoms with E-state index in [2.05, 4.69) is 12.2 Å². The van der Waals surface area contributed by atoms with Gasteiger partial charge in [0.05, 0.1) is 4.99 Å². The van der Waals surface area contributed by atoms with Gasteiger partial charge in [0.25, 0.3) is 0 Å². The first-order valence-electron chi connectivity index (χ1n) is 5.81. The number of thiocarbonyl (C=S) groups is 1. The standard InChI is InChI=1S/C13H16F3NOS/c1-8(2)9-5-3-4-6-11(9)18-7-10(12(17)19)13(14,15)16/h3-6,8,10H,7H2,1-2H3,(H2,17,19). The predicted molar refractivity (Wildman–Crippen MR) is 72.4 cm³/mol. The number of hydrogen-bond acceptors (Lipinski definition) is 2. The summed E-state index contributed by atoms with van der Waals surface area (Å²) >= 11 is 4.44. The third-order valence-corrected chi connectivity index (χ3v) is 2.97. The fraction of sp³-hybridized carbons (Fsp3) is 0.462. The molecule has 0 saturated heterocycles. The van der Waals surface area contributed by atoms with E-state index >= 15 is 0 Å². The molecule has 0 spiro atoms. The molecule has 0 heterocycles. The number of ether oxygens (including phenoxy) is 1. The third-order valence-electron chi connectivity index (χ3n) is 2.69. The van der Waals surface area contributed by atoms with Gasteiger partial charge in [-0.15, -0.1) is 0 Å². The van der Waals surface area contributed by atoms with Gasteiger partial charge < -0.3 is 10.5 Å². The predicted octanol–water partition coefficient (Wildman–Crippen LogP) is 3.65. The van der Waals surface area contributed by atoms with Crippen LogP contribution in [-0.2, 0) is 0 Å². The van der Waals surface area contributed by atoms with Crippen LogP contribution in [0.5, 0.6) is 5.75 Å². The molecule has 1 rings (SSSR count). The highest BCUT2D eigenvalue weighted by atomic mass is 32.1. The molecule has 0 radical (unpaired) electrons. The zero-order chi connectivity index (χ0) is 14.6. The van der Waals surface area contributed by atoms with Crippen molar-refractivity contribution < 1.29 is 17.9 Å². The van der Waals surface area contributed by atoms with Gasteiger partial charge in [0, 0.05) is 0 Å². The van der Waals surface area contributed by atoms with Crippen LogP contribution in [0.25, 0.3) is 0 Å². The third kappa shape index (κ3) is 4.38. The molecule has 1 aromatic carbocycles. The van der Waals surface area contributed by atoms with Crippen molar-refractivity contribution >= 4 is 17.2 Å². The molecule has 0 aliphatic heterocycles. The molecule has 0 aliphatic rings. The molecule has 0 aromatic heterocycles. The van der Waals surface area contributed by atoms with E-state index in [9.17, 15) is 13.2 Å². The van der Waals surface area contributed by atoms with Crippen LogP contribution in [0, 0.1) is 5.92 Å². The highest BCUT2D eigenvalue weighted by Gasteiger charge is 2.42. The minimum absolute atomic E-state index is 0.158. The van der Waals surface area contributed by atoms with Crippen molar-refractivity contribution in [3.05, 3.63) is 29.8 Å². The minimum Gasteiger partial charge on any atom is -0.492 e. The van der Waals surface area contributed by atoms with E-state index in [1.54, 1.807) is 12.1 Å². The van der Waals surface area contributed by atoms with Gasteiger partial charge in [0.2, 0.25) is 0 Å². The number of benzene rings is 1. The second kappa shape index (κ2) is 6.23. The molecular formula is C13H16F3NOS. The normalized spacial score (nSPS) is 13.4. The quantitative estimate of drug-likeness (QED) is 0.841. The van der Waals surface area contributed by atoms with Crippen LogP contribution in [0.3, 0.4) is 0 Å². The van der Waals surface area contributed by atoms with Gasteiger partial charge >= 0.3 is 6.18 Å². The lowest BCUT2D eigenvalue weighted by Crippen LogP contribution is -2.38. The highest BCUT2D eigenvalue weighted by molar-refractivity contribution is 7.80. The molecule has 0 aliphatic carbocycles. The molecule has 0 bridgehead atoms. The van der Waals surface area contributed by atoms with Gasteiger partial charge in [0.1, 0.15) is 18.3 Å². The average molecular weight is 291 g/mol. The van der Waals surface area contributed by atoms with Crippen molar-refractivity contribution in [2.75, 3.05) is 6.61 Å². The van der Waals surface area contributed by atoms with Gasteiger partial charge in [-0.1, -0.05) is 44.3 Å². The molecule has 2 nitrogen and oxygen atoms in total. The number of alkyl halides is 3. The zero-order valence-corrected chi connectivity index (χ0v) is 11.5. The Labute approximate surface area is 115 Å². The van der Waals surface area contributed by atoms with E-state index in [0.29, 0.717) is 5.75 Å². The summed E-state index contributed by atoms with van der Waals surface area (Å²) in [6, 6.07) is 6.99. The van der Waals surface area contributed by atoms with Crippen LogP contribution in [0.15, 0.2) is 24.3 Å². The Balaban J connectivity index is 2.84. The van der Waals surface area contributed by atoms with E-state index < -0.39 is 23.7 Å². The summed E-state index contributed by atoms with van der Waals surface area (Å²) in [7, 11) is 0. The summed E-state index contributed by atoms with van der Waals surface area (Å²) in [5.41, 5.74) is 5.97. The first-order valence-corrected chi connectivity index (χ1v) is 6.22. The molecule has 106 valence electrons. The fourth-order valence-electron chi connectivity index (χ4n) is 1.60. The summed E-state index contributed by atoms with van der Waals surface area (Å²) in [6.45, 7) is 3.29. The van der Waals surface area contributed by atoms with Crippen LogP contribution in [0.2, 0.25) is 0 Å². The Hall–Kier alpha value is -1.30. The Morgan fingerprint density at radius 2 is 1.89 bits per heavy atom. The van der Waals surface area contributed by atoms with Gasteiger partial charge in [-0.25, -0.2) is 0 Å². The van der Waals surface area contributed by atoms with Crippen molar-refractivity contribution in [1.29, 1.82) is 0 Å². The molecule has 1 aromatic rings. The minimum atomic E-state index is -4.49. The number of nitrogens with two attached hydrogens (primary N) is 1. The number of para-hydroxylation sites is 1. The number of halogens is 3. The molecule has 1 unspecified atom stereocenters. The van der Waals surface area contributed by atoms with E-state index in [-0.39, 0.29) is 5.92 Å². The molecule has 2 N–H and O–H groups in total. The van der Waals surface area contributed by atoms with Gasteiger partial charge in [-0.05, 0) is 17.5 Å². The summed E-state index contributed by atoms with van der Waals surface area (Å²) < 4.78 is 43.3. The Kier molecular flexibility index (Phi) is 5.17. The molecular weight excluding hydrogens is 275 g/mol. The van der Waals surface area contributed by atoms with E-state index in [1.807, 2.05) is 26.0 Å². The smallest absolute Gasteiger partial charge is 0.401 e. The summed E-state index contributed by atoms with van der Waals surface area (Å²) in [4.78, 5) is -0.602. The lowest BCUT2D eigenvalue weighted by atomic mass is 10.0. The Morgan fingerprint density at radius 1 is 1.32 bits per heavy atom. The van der Waals surface area contributed by atoms with Crippen LogP contribution in [0.4, 0.5) is 13.2 Å². The molecule has 0 fully saturated rings. The maximum absolute atomic E-state index is 12.7. The Bertz CT molecular complexity index is 446. The monoisotopic (exact) mass is 291 g/mol. The van der Waals surface area contributed by atoms with Gasteiger partial charge in [-0.2, -0.15) is 13.2 Å². The maximum Gasteiger partial charge on any atom is 0.401 e. The molecule has 6 heteroatoms. The second-order valence-corrected chi connectivity index (χ2v) is 4.97. The van der Waals surface area contributed by atoms with Crippen molar-refractivity contribution in [3.8, 4) is 5.75 Å². The molecule has 1 atom stereocenters. The second-order valence-electron chi connectivity index (χ2n) is 4.50. The largest absolute Gasteiger partial charge is 0.492 e. The van der Waals surface area contributed by atoms with Gasteiger partial charge in [-0.3, -0.25) is 0 Å².